The molecule has 0 aliphatic rings. The average molecular weight is 501 g/mol. The number of nitrogens with zero attached hydrogens (tertiary/aromatic N) is 6. The molecule has 0 fully saturated rings. The number of benzene rings is 2. The lowest BCUT2D eigenvalue weighted by Gasteiger charge is -2.13. The molecule has 11 heteroatoms. The number of hydrogen-bond acceptors (Lipinski definition) is 7. The van der Waals surface area contributed by atoms with Crippen molar-refractivity contribution >= 4 is 22.5 Å². The molecule has 0 aliphatic heterocycles. The Balaban J connectivity index is 1.24. The van der Waals surface area contributed by atoms with Crippen LogP contribution < -0.4 is 15.8 Å². The van der Waals surface area contributed by atoms with Crippen LogP contribution in [0, 0.1) is 12.7 Å². The molecular weight excluding hydrogens is 475 g/mol. The van der Waals surface area contributed by atoms with Gasteiger partial charge in [0.15, 0.2) is 5.82 Å². The quantitative estimate of drug-likeness (QED) is 0.335. The fourth-order valence-corrected chi connectivity index (χ4v) is 4.13. The number of rotatable bonds is 8. The van der Waals surface area contributed by atoms with E-state index in [4.69, 9.17) is 10.5 Å². The zero-order valence-electron chi connectivity index (χ0n) is 20.3. The highest BCUT2D eigenvalue weighted by Gasteiger charge is 2.16. The molecule has 0 spiro atoms. The number of hydrogen-bond donors (Lipinski definition) is 2. The van der Waals surface area contributed by atoms with Crippen LogP contribution in [-0.4, -0.2) is 42.5 Å². The van der Waals surface area contributed by atoms with Crippen molar-refractivity contribution in [2.24, 2.45) is 0 Å². The predicted molar refractivity (Wildman–Crippen MR) is 135 cm³/mol. The Morgan fingerprint density at radius 3 is 2.54 bits per heavy atom. The summed E-state index contributed by atoms with van der Waals surface area (Å²) in [5, 5.41) is 12.8. The number of aromatic nitrogens is 6. The summed E-state index contributed by atoms with van der Waals surface area (Å²) in [7, 11) is 1.58. The number of halogens is 1. The second-order valence-electron chi connectivity index (χ2n) is 8.54. The van der Waals surface area contributed by atoms with Gasteiger partial charge in [0, 0.05) is 29.1 Å². The van der Waals surface area contributed by atoms with Crippen LogP contribution in [-0.2, 0) is 19.6 Å². The van der Waals surface area contributed by atoms with Gasteiger partial charge in [-0.15, -0.1) is 5.10 Å². The smallest absolute Gasteiger partial charge is 0.291 e. The highest BCUT2D eigenvalue weighted by molar-refractivity contribution is 5.96. The Hall–Kier alpha value is -4.80. The Labute approximate surface area is 211 Å². The third-order valence-electron chi connectivity index (χ3n) is 6.01. The molecule has 0 radical (unpaired) electrons. The summed E-state index contributed by atoms with van der Waals surface area (Å²) >= 11 is 0. The number of carbonyl (C=O) groups is 1. The summed E-state index contributed by atoms with van der Waals surface area (Å²) in [6.07, 6.45) is 4.15. The topological polar surface area (TPSA) is 126 Å². The number of amides is 1. The zero-order valence-corrected chi connectivity index (χ0v) is 20.3. The van der Waals surface area contributed by atoms with E-state index in [1.165, 1.54) is 17.1 Å². The van der Waals surface area contributed by atoms with E-state index < -0.39 is 0 Å². The first-order valence-electron chi connectivity index (χ1n) is 11.6. The third-order valence-corrected chi connectivity index (χ3v) is 6.01. The number of aryl methyl sites for hydroxylation is 1. The molecule has 3 heterocycles. The number of methoxy groups -OCH3 is 1. The third kappa shape index (κ3) is 5.10. The highest BCUT2D eigenvalue weighted by atomic mass is 19.1. The monoisotopic (exact) mass is 500 g/mol. The summed E-state index contributed by atoms with van der Waals surface area (Å²) in [6.45, 7) is 2.96. The van der Waals surface area contributed by atoms with Gasteiger partial charge in [-0.1, -0.05) is 36.4 Å². The van der Waals surface area contributed by atoms with E-state index in [1.807, 2.05) is 42.5 Å². The molecule has 37 heavy (non-hydrogen) atoms. The molecule has 3 aromatic heterocycles. The van der Waals surface area contributed by atoms with E-state index in [9.17, 15) is 9.18 Å². The van der Waals surface area contributed by atoms with Crippen LogP contribution in [0.15, 0.2) is 61.1 Å². The number of fused-ring (bicyclic) bond motifs is 1. The molecular formula is C26H25FN8O2. The Bertz CT molecular complexity index is 1580. The Morgan fingerprint density at radius 2 is 1.84 bits per heavy atom. The second kappa shape index (κ2) is 10.1. The first-order valence-corrected chi connectivity index (χ1v) is 11.6. The van der Waals surface area contributed by atoms with Crippen molar-refractivity contribution in [2.75, 3.05) is 12.8 Å². The molecule has 0 atom stereocenters. The molecule has 1 amide bonds. The number of pyridine rings is 1. The van der Waals surface area contributed by atoms with Crippen LogP contribution in [0.1, 0.15) is 33.1 Å². The number of nitrogens with two attached hydrogens (primary N) is 1. The van der Waals surface area contributed by atoms with Gasteiger partial charge in [-0.25, -0.2) is 19.0 Å². The van der Waals surface area contributed by atoms with Crippen LogP contribution in [0.5, 0.6) is 5.75 Å². The highest BCUT2D eigenvalue weighted by Crippen LogP contribution is 2.31. The lowest BCUT2D eigenvalue weighted by Crippen LogP contribution is -2.24. The standard InChI is InChI=1S/C26H25FN8O2/c1-16-32-25(26(36)30-11-19-7-8-22-21(23(19)37-2)9-10-29-24(22)28)33-35(16)14-18-5-3-17(4-6-18)13-34-15-20(27)12-31-34/h3-10,12,15H,11,13-14H2,1-2H3,(H2,28,29)(H,30,36). The second-order valence-corrected chi connectivity index (χ2v) is 8.54. The van der Waals surface area contributed by atoms with Crippen molar-refractivity contribution in [2.45, 2.75) is 26.6 Å². The average Bonchev–Trinajstić information content (AvgIpc) is 3.48. The van der Waals surface area contributed by atoms with Gasteiger partial charge in [0.1, 0.15) is 17.4 Å². The van der Waals surface area contributed by atoms with Crippen molar-refractivity contribution in [3.8, 4) is 5.75 Å². The van der Waals surface area contributed by atoms with Crippen molar-refractivity contribution in [1.29, 1.82) is 0 Å². The lowest BCUT2D eigenvalue weighted by atomic mass is 10.1. The van der Waals surface area contributed by atoms with Crippen LogP contribution in [0.2, 0.25) is 0 Å². The van der Waals surface area contributed by atoms with Crippen molar-refractivity contribution in [3.63, 3.8) is 0 Å². The maximum Gasteiger partial charge on any atom is 0.291 e. The van der Waals surface area contributed by atoms with Crippen LogP contribution in [0.3, 0.4) is 0 Å². The first kappa shape index (κ1) is 23.9. The molecule has 0 saturated heterocycles. The minimum Gasteiger partial charge on any atom is -0.496 e. The molecule has 3 N–H and O–H groups in total. The van der Waals surface area contributed by atoms with Crippen LogP contribution in [0.4, 0.5) is 10.2 Å². The number of anilines is 1. The summed E-state index contributed by atoms with van der Waals surface area (Å²) < 4.78 is 21.9. The SMILES string of the molecule is COc1c(CNC(=O)c2nc(C)n(Cc3ccc(Cn4cc(F)cn4)cc3)n2)ccc2c(N)nccc12. The maximum atomic E-state index is 13.1. The Morgan fingerprint density at radius 1 is 1.08 bits per heavy atom. The van der Waals surface area contributed by atoms with E-state index in [2.05, 4.69) is 25.5 Å². The van der Waals surface area contributed by atoms with E-state index >= 15 is 0 Å². The molecule has 0 unspecified atom stereocenters. The number of ether oxygens (including phenoxy) is 1. The summed E-state index contributed by atoms with van der Waals surface area (Å²) in [5.41, 5.74) is 8.74. The molecule has 2 aromatic carbocycles. The number of nitrogens with one attached hydrogen (secondary N) is 1. The zero-order chi connectivity index (χ0) is 25.9. The van der Waals surface area contributed by atoms with E-state index in [0.717, 1.165) is 27.5 Å². The minimum atomic E-state index is -0.389. The molecule has 5 rings (SSSR count). The normalized spacial score (nSPS) is 11.1. The molecule has 188 valence electrons. The van der Waals surface area contributed by atoms with Gasteiger partial charge in [-0.3, -0.25) is 9.48 Å². The van der Waals surface area contributed by atoms with E-state index in [0.29, 0.717) is 30.5 Å². The molecule has 0 aliphatic carbocycles. The van der Waals surface area contributed by atoms with E-state index in [-0.39, 0.29) is 24.1 Å². The fraction of sp³-hybridized carbons (Fsp3) is 0.192. The molecule has 0 saturated carbocycles. The predicted octanol–water partition coefficient (Wildman–Crippen LogP) is 3.09. The van der Waals surface area contributed by atoms with Crippen molar-refractivity contribution in [1.82, 2.24) is 34.8 Å². The van der Waals surface area contributed by atoms with Gasteiger partial charge in [0.2, 0.25) is 5.82 Å². The minimum absolute atomic E-state index is 0.0861. The largest absolute Gasteiger partial charge is 0.496 e. The van der Waals surface area contributed by atoms with Gasteiger partial charge in [0.25, 0.3) is 5.91 Å². The summed E-state index contributed by atoms with van der Waals surface area (Å²) in [5.74, 6) is 0.995. The van der Waals surface area contributed by atoms with Gasteiger partial charge < -0.3 is 15.8 Å². The van der Waals surface area contributed by atoms with Crippen molar-refractivity contribution < 1.29 is 13.9 Å². The Kier molecular flexibility index (Phi) is 6.50. The van der Waals surface area contributed by atoms with Gasteiger partial charge >= 0.3 is 0 Å². The fourth-order valence-electron chi connectivity index (χ4n) is 4.13. The first-order chi connectivity index (χ1) is 17.9. The lowest BCUT2D eigenvalue weighted by molar-refractivity contribution is 0.0940. The van der Waals surface area contributed by atoms with Crippen LogP contribution in [0.25, 0.3) is 10.8 Å². The number of nitrogen functional groups attached to an aromatic ring is 1. The maximum absolute atomic E-state index is 13.1. The summed E-state index contributed by atoms with van der Waals surface area (Å²) in [4.78, 5) is 21.3. The van der Waals surface area contributed by atoms with Crippen molar-refractivity contribution in [3.05, 3.63) is 95.2 Å². The van der Waals surface area contributed by atoms with E-state index in [1.54, 1.807) is 24.9 Å². The molecule has 0 bridgehead atoms. The van der Waals surface area contributed by atoms with Gasteiger partial charge in [-0.05, 0) is 24.1 Å². The molecule has 10 nitrogen and oxygen atoms in total. The molecule has 5 aromatic rings. The number of carbonyl (C=O) groups excluding carboxylic acids is 1. The summed E-state index contributed by atoms with van der Waals surface area (Å²) in [6, 6.07) is 13.4. The van der Waals surface area contributed by atoms with Gasteiger partial charge in [0.05, 0.1) is 32.6 Å². The van der Waals surface area contributed by atoms with Gasteiger partial charge in [-0.2, -0.15) is 5.10 Å². The van der Waals surface area contributed by atoms with Crippen LogP contribution >= 0.6 is 0 Å².